The molecule has 0 aliphatic heterocycles. The Morgan fingerprint density at radius 3 is 2.52 bits per heavy atom. The molecule has 5 rings (SSSR count). The normalized spacial score (nSPS) is 12.0. The number of aromatic amines is 1. The van der Waals surface area contributed by atoms with E-state index in [0.717, 1.165) is 48.8 Å². The van der Waals surface area contributed by atoms with Crippen LogP contribution >= 0.6 is 11.6 Å². The van der Waals surface area contributed by atoms with Crippen LogP contribution < -0.4 is 0 Å². The van der Waals surface area contributed by atoms with Gasteiger partial charge in [-0.3, -0.25) is 0 Å². The lowest BCUT2D eigenvalue weighted by Gasteiger charge is -1.93. The van der Waals surface area contributed by atoms with Gasteiger partial charge < -0.3 is 9.40 Å². The lowest BCUT2D eigenvalue weighted by Crippen LogP contribution is -1.69. The van der Waals surface area contributed by atoms with Crippen molar-refractivity contribution in [1.29, 1.82) is 0 Å². The summed E-state index contributed by atoms with van der Waals surface area (Å²) < 4.78 is 5.96. The van der Waals surface area contributed by atoms with E-state index in [2.05, 4.69) is 23.2 Å². The Kier molecular flexibility index (Phi) is 2.04. The molecule has 0 spiro atoms. The largest absolute Gasteiger partial charge is 0.456 e. The van der Waals surface area contributed by atoms with Crippen molar-refractivity contribution < 1.29 is 4.42 Å². The molecule has 3 heteroatoms. The van der Waals surface area contributed by atoms with Gasteiger partial charge in [-0.2, -0.15) is 0 Å². The molecule has 0 saturated heterocycles. The molecule has 0 aliphatic carbocycles. The Morgan fingerprint density at radius 2 is 1.57 bits per heavy atom. The molecule has 21 heavy (non-hydrogen) atoms. The molecule has 0 aliphatic rings. The van der Waals surface area contributed by atoms with Crippen molar-refractivity contribution in [3.8, 4) is 0 Å². The Bertz CT molecular complexity index is 1150. The zero-order valence-electron chi connectivity index (χ0n) is 11.0. The van der Waals surface area contributed by atoms with Crippen molar-refractivity contribution >= 4 is 55.3 Å². The summed E-state index contributed by atoms with van der Waals surface area (Å²) in [6, 6.07) is 18.3. The monoisotopic (exact) mass is 291 g/mol. The standard InChI is InChI=1S/C18H10ClNO/c19-10-5-6-15-12(7-10)13-9-18-14(8-16(13)20-15)11-3-1-2-4-17(11)21-18/h1-9,20H. The Morgan fingerprint density at radius 1 is 0.714 bits per heavy atom. The van der Waals surface area contributed by atoms with Gasteiger partial charge in [0.2, 0.25) is 0 Å². The van der Waals surface area contributed by atoms with Gasteiger partial charge in [0.1, 0.15) is 11.2 Å². The number of rotatable bonds is 0. The van der Waals surface area contributed by atoms with Crippen molar-refractivity contribution in [3.05, 3.63) is 59.6 Å². The average Bonchev–Trinajstić information content (AvgIpc) is 3.02. The van der Waals surface area contributed by atoms with Crippen LogP contribution in [0.4, 0.5) is 0 Å². The van der Waals surface area contributed by atoms with Gasteiger partial charge in [-0.15, -0.1) is 0 Å². The van der Waals surface area contributed by atoms with Crippen LogP contribution in [0.25, 0.3) is 43.7 Å². The molecule has 0 saturated carbocycles. The van der Waals surface area contributed by atoms with Gasteiger partial charge in [-0.1, -0.05) is 29.8 Å². The van der Waals surface area contributed by atoms with Crippen LogP contribution in [0.3, 0.4) is 0 Å². The first-order valence-electron chi connectivity index (χ1n) is 6.82. The Hall–Kier alpha value is -2.45. The van der Waals surface area contributed by atoms with Crippen LogP contribution in [0, 0.1) is 0 Å². The zero-order chi connectivity index (χ0) is 14.0. The van der Waals surface area contributed by atoms with E-state index >= 15 is 0 Å². The van der Waals surface area contributed by atoms with E-state index in [1.165, 1.54) is 0 Å². The Balaban J connectivity index is 2.02. The molecule has 0 radical (unpaired) electrons. The molecule has 100 valence electrons. The zero-order valence-corrected chi connectivity index (χ0v) is 11.7. The van der Waals surface area contributed by atoms with Gasteiger partial charge in [0.25, 0.3) is 0 Å². The minimum Gasteiger partial charge on any atom is -0.456 e. The number of fused-ring (bicyclic) bond motifs is 6. The van der Waals surface area contributed by atoms with Crippen molar-refractivity contribution in [2.45, 2.75) is 0 Å². The molecule has 5 aromatic rings. The Labute approximate surface area is 124 Å². The van der Waals surface area contributed by atoms with Crippen LogP contribution in [-0.2, 0) is 0 Å². The summed E-state index contributed by atoms with van der Waals surface area (Å²) in [5.74, 6) is 0. The van der Waals surface area contributed by atoms with Crippen LogP contribution in [0.1, 0.15) is 0 Å². The van der Waals surface area contributed by atoms with Gasteiger partial charge in [-0.05, 0) is 36.4 Å². The number of hydrogen-bond donors (Lipinski definition) is 1. The fraction of sp³-hybridized carbons (Fsp3) is 0. The van der Waals surface area contributed by atoms with Gasteiger partial charge in [-0.25, -0.2) is 0 Å². The van der Waals surface area contributed by atoms with Crippen LogP contribution in [0.15, 0.2) is 59.0 Å². The molecule has 0 fully saturated rings. The number of benzene rings is 3. The van der Waals surface area contributed by atoms with Crippen molar-refractivity contribution in [2.75, 3.05) is 0 Å². The average molecular weight is 292 g/mol. The number of halogens is 1. The number of aromatic nitrogens is 1. The number of H-pyrrole nitrogens is 1. The maximum Gasteiger partial charge on any atom is 0.136 e. The van der Waals surface area contributed by atoms with E-state index in [9.17, 15) is 0 Å². The van der Waals surface area contributed by atoms with Crippen LogP contribution in [-0.4, -0.2) is 4.98 Å². The highest BCUT2D eigenvalue weighted by molar-refractivity contribution is 6.32. The van der Waals surface area contributed by atoms with E-state index in [1.807, 2.05) is 36.4 Å². The number of hydrogen-bond acceptors (Lipinski definition) is 1. The van der Waals surface area contributed by atoms with Gasteiger partial charge in [0.05, 0.1) is 0 Å². The summed E-state index contributed by atoms with van der Waals surface area (Å²) in [4.78, 5) is 3.45. The molecule has 0 unspecified atom stereocenters. The number of furan rings is 1. The molecule has 1 N–H and O–H groups in total. The maximum absolute atomic E-state index is 6.12. The summed E-state index contributed by atoms with van der Waals surface area (Å²) in [6.45, 7) is 0. The third-order valence-corrected chi connectivity index (χ3v) is 4.29. The SMILES string of the molecule is Clc1ccc2[nH]c3cc4c(cc3c2c1)oc1ccccc14. The smallest absolute Gasteiger partial charge is 0.136 e. The van der Waals surface area contributed by atoms with E-state index < -0.39 is 0 Å². The van der Waals surface area contributed by atoms with E-state index in [0.29, 0.717) is 0 Å². The van der Waals surface area contributed by atoms with E-state index in [-0.39, 0.29) is 0 Å². The topological polar surface area (TPSA) is 28.9 Å². The third kappa shape index (κ3) is 1.48. The predicted molar refractivity (Wildman–Crippen MR) is 88.1 cm³/mol. The summed E-state index contributed by atoms with van der Waals surface area (Å²) in [5, 5.41) is 5.29. The molecule has 0 atom stereocenters. The molecule has 2 nitrogen and oxygen atoms in total. The first kappa shape index (κ1) is 11.2. The summed E-state index contributed by atoms with van der Waals surface area (Å²) >= 11 is 6.12. The molecular formula is C18H10ClNO. The molecular weight excluding hydrogens is 282 g/mol. The highest BCUT2D eigenvalue weighted by atomic mass is 35.5. The number of nitrogens with one attached hydrogen (secondary N) is 1. The summed E-state index contributed by atoms with van der Waals surface area (Å²) in [5.41, 5.74) is 4.02. The van der Waals surface area contributed by atoms with Crippen molar-refractivity contribution in [1.82, 2.24) is 4.98 Å². The van der Waals surface area contributed by atoms with Gasteiger partial charge in [0.15, 0.2) is 0 Å². The fourth-order valence-corrected chi connectivity index (χ4v) is 3.26. The van der Waals surface area contributed by atoms with Crippen molar-refractivity contribution in [2.24, 2.45) is 0 Å². The third-order valence-electron chi connectivity index (χ3n) is 4.06. The summed E-state index contributed by atoms with van der Waals surface area (Å²) in [7, 11) is 0. The minimum absolute atomic E-state index is 0.744. The number of para-hydroxylation sites is 1. The molecule has 2 aromatic heterocycles. The van der Waals surface area contributed by atoms with Gasteiger partial charge in [0, 0.05) is 37.6 Å². The maximum atomic E-state index is 6.12. The second-order valence-corrected chi connectivity index (χ2v) is 5.74. The second kappa shape index (κ2) is 3.80. The first-order chi connectivity index (χ1) is 10.3. The second-order valence-electron chi connectivity index (χ2n) is 5.31. The van der Waals surface area contributed by atoms with Crippen LogP contribution in [0.2, 0.25) is 5.02 Å². The van der Waals surface area contributed by atoms with Gasteiger partial charge >= 0.3 is 0 Å². The highest BCUT2D eigenvalue weighted by Crippen LogP contribution is 2.35. The highest BCUT2D eigenvalue weighted by Gasteiger charge is 2.11. The first-order valence-corrected chi connectivity index (χ1v) is 7.20. The quantitative estimate of drug-likeness (QED) is 0.379. The lowest BCUT2D eigenvalue weighted by atomic mass is 10.1. The van der Waals surface area contributed by atoms with E-state index in [1.54, 1.807) is 0 Å². The fourth-order valence-electron chi connectivity index (χ4n) is 3.09. The molecule has 2 heterocycles. The lowest BCUT2D eigenvalue weighted by molar-refractivity contribution is 0.669. The van der Waals surface area contributed by atoms with Crippen molar-refractivity contribution in [3.63, 3.8) is 0 Å². The molecule has 3 aromatic carbocycles. The summed E-state index contributed by atoms with van der Waals surface area (Å²) in [6.07, 6.45) is 0. The molecule has 0 amide bonds. The van der Waals surface area contributed by atoms with E-state index in [4.69, 9.17) is 16.0 Å². The van der Waals surface area contributed by atoms with Crippen LogP contribution in [0.5, 0.6) is 0 Å². The minimum atomic E-state index is 0.744. The predicted octanol–water partition coefficient (Wildman–Crippen LogP) is 5.87. The molecule has 0 bridgehead atoms.